The van der Waals surface area contributed by atoms with Crippen molar-refractivity contribution in [3.63, 3.8) is 0 Å². The van der Waals surface area contributed by atoms with Crippen molar-refractivity contribution in [1.29, 1.82) is 0 Å². The van der Waals surface area contributed by atoms with Gasteiger partial charge in [-0.2, -0.15) is 0 Å². The average Bonchev–Trinajstić information content (AvgIpc) is 2.84. The van der Waals surface area contributed by atoms with Crippen LogP contribution in [0.25, 0.3) is 0 Å². The molecule has 0 aliphatic carbocycles. The van der Waals surface area contributed by atoms with Crippen molar-refractivity contribution in [2.75, 3.05) is 20.2 Å². The summed E-state index contributed by atoms with van der Waals surface area (Å²) in [5, 5.41) is 2.21. The van der Waals surface area contributed by atoms with E-state index >= 15 is 0 Å². The van der Waals surface area contributed by atoms with Gasteiger partial charge in [0.2, 0.25) is 0 Å². The van der Waals surface area contributed by atoms with Gasteiger partial charge < -0.3 is 10.5 Å². The van der Waals surface area contributed by atoms with Crippen molar-refractivity contribution in [3.8, 4) is 0 Å². The van der Waals surface area contributed by atoms with E-state index in [-0.39, 0.29) is 5.54 Å². The molecule has 0 radical (unpaired) electrons. The maximum absolute atomic E-state index is 6.16. The summed E-state index contributed by atoms with van der Waals surface area (Å²) >= 11 is 5.27. The summed E-state index contributed by atoms with van der Waals surface area (Å²) in [7, 11) is 2.20. The second-order valence-electron chi connectivity index (χ2n) is 6.15. The van der Waals surface area contributed by atoms with Crippen LogP contribution in [-0.4, -0.2) is 36.7 Å². The van der Waals surface area contributed by atoms with Crippen LogP contribution in [0.5, 0.6) is 0 Å². The van der Waals surface area contributed by atoms with Gasteiger partial charge in [0.05, 0.1) is 9.89 Å². The third-order valence-corrected chi connectivity index (χ3v) is 6.01. The third-order valence-electron chi connectivity index (χ3n) is 4.46. The van der Waals surface area contributed by atoms with Crippen LogP contribution in [0.3, 0.4) is 0 Å². The molecule has 114 valence electrons. The van der Waals surface area contributed by atoms with E-state index in [9.17, 15) is 0 Å². The molecular weight excluding hydrogens is 336 g/mol. The first-order valence-electron chi connectivity index (χ1n) is 7.23. The molecule has 2 heterocycles. The second kappa shape index (κ2) is 6.88. The van der Waals surface area contributed by atoms with E-state index in [1.807, 2.05) is 0 Å². The number of hydrogen-bond donors (Lipinski definition) is 1. The molecule has 0 saturated carbocycles. The number of likely N-dealkylation sites (N-methyl/N-ethyl adjacent to an activating group) is 1. The molecule has 1 aliphatic heterocycles. The summed E-state index contributed by atoms with van der Waals surface area (Å²) in [6, 6.07) is 2.20. The molecule has 3 nitrogen and oxygen atoms in total. The lowest BCUT2D eigenvalue weighted by Gasteiger charge is -2.47. The maximum Gasteiger partial charge on any atom is 0.0701 e. The van der Waals surface area contributed by atoms with E-state index in [2.05, 4.69) is 53.2 Å². The highest BCUT2D eigenvalue weighted by molar-refractivity contribution is 9.11. The lowest BCUT2D eigenvalue weighted by Crippen LogP contribution is -2.57. The Hall–Kier alpha value is 0.0600. The molecule has 1 aromatic rings. The largest absolute Gasteiger partial charge is 0.378 e. The van der Waals surface area contributed by atoms with Crippen molar-refractivity contribution in [2.45, 2.75) is 44.9 Å². The van der Waals surface area contributed by atoms with Gasteiger partial charge in [0.15, 0.2) is 0 Å². The van der Waals surface area contributed by atoms with Gasteiger partial charge in [0, 0.05) is 25.2 Å². The quantitative estimate of drug-likeness (QED) is 0.873. The Kier molecular flexibility index (Phi) is 5.65. The molecule has 0 aromatic carbocycles. The number of hydrogen-bond acceptors (Lipinski definition) is 4. The maximum atomic E-state index is 6.16. The molecule has 2 rings (SSSR count). The lowest BCUT2D eigenvalue weighted by atomic mass is 9.82. The first-order valence-corrected chi connectivity index (χ1v) is 8.90. The predicted octanol–water partition coefficient (Wildman–Crippen LogP) is 3.47. The fraction of sp³-hybridized carbons (Fsp3) is 0.733. The van der Waals surface area contributed by atoms with Crippen LogP contribution in [0.15, 0.2) is 15.2 Å². The smallest absolute Gasteiger partial charge is 0.0701 e. The van der Waals surface area contributed by atoms with Gasteiger partial charge in [-0.25, -0.2) is 0 Å². The van der Waals surface area contributed by atoms with E-state index in [0.717, 1.165) is 26.0 Å². The van der Waals surface area contributed by atoms with Crippen LogP contribution in [0, 0.1) is 5.92 Å². The number of nitrogens with two attached hydrogens (primary N) is 1. The molecule has 1 aliphatic rings. The first kappa shape index (κ1) is 16.4. The van der Waals surface area contributed by atoms with Crippen molar-refractivity contribution >= 4 is 27.3 Å². The minimum Gasteiger partial charge on any atom is -0.378 e. The summed E-state index contributed by atoms with van der Waals surface area (Å²) in [5.41, 5.74) is 7.58. The Balaban J connectivity index is 2.08. The molecule has 2 N–H and O–H groups in total. The number of nitrogens with zero attached hydrogens (tertiary/aromatic N) is 1. The molecule has 1 fully saturated rings. The minimum atomic E-state index is 0.0710. The molecule has 1 saturated heterocycles. The van der Waals surface area contributed by atoms with E-state index in [1.165, 1.54) is 9.35 Å². The second-order valence-corrected chi connectivity index (χ2v) is 8.44. The van der Waals surface area contributed by atoms with E-state index in [0.29, 0.717) is 18.6 Å². The Morgan fingerprint density at radius 2 is 2.35 bits per heavy atom. The monoisotopic (exact) mass is 360 g/mol. The molecule has 0 spiro atoms. The highest BCUT2D eigenvalue weighted by atomic mass is 79.9. The average molecular weight is 361 g/mol. The van der Waals surface area contributed by atoms with Crippen LogP contribution in [0.4, 0.5) is 0 Å². The summed E-state index contributed by atoms with van der Waals surface area (Å²) in [6.07, 6.45) is 2.38. The molecule has 1 aromatic heterocycles. The van der Waals surface area contributed by atoms with Gasteiger partial charge in [0.25, 0.3) is 0 Å². The molecule has 2 atom stereocenters. The summed E-state index contributed by atoms with van der Waals surface area (Å²) < 4.78 is 7.10. The number of thiophene rings is 1. The minimum absolute atomic E-state index is 0.0710. The van der Waals surface area contributed by atoms with Gasteiger partial charge >= 0.3 is 0 Å². The zero-order valence-corrected chi connectivity index (χ0v) is 15.0. The van der Waals surface area contributed by atoms with Gasteiger partial charge in [-0.1, -0.05) is 13.8 Å². The first-order chi connectivity index (χ1) is 9.47. The number of ether oxygens (including phenoxy) is 1. The van der Waals surface area contributed by atoms with E-state index in [1.54, 1.807) is 11.3 Å². The van der Waals surface area contributed by atoms with Crippen molar-refractivity contribution in [2.24, 2.45) is 11.7 Å². The summed E-state index contributed by atoms with van der Waals surface area (Å²) in [5.74, 6) is 0.546. The molecule has 0 amide bonds. The zero-order chi connectivity index (χ0) is 14.8. The standard InChI is InChI=1S/C15H25BrN2OS/c1-11(2)13-7-15(10-17,4-5-19-13)18(3)8-12-6-14(16)20-9-12/h6,9,11,13H,4-5,7-8,10,17H2,1-3H3. The SMILES string of the molecule is CC(C)C1CC(CN)(N(C)Cc2csc(Br)c2)CCO1. The van der Waals surface area contributed by atoms with E-state index in [4.69, 9.17) is 10.5 Å². The number of halogens is 1. The molecular formula is C15H25BrN2OS. The zero-order valence-electron chi connectivity index (χ0n) is 12.6. The van der Waals surface area contributed by atoms with Crippen LogP contribution in [0.1, 0.15) is 32.3 Å². The Labute approximate surface area is 134 Å². The van der Waals surface area contributed by atoms with Crippen molar-refractivity contribution in [1.82, 2.24) is 4.90 Å². The van der Waals surface area contributed by atoms with Gasteiger partial charge in [-0.05, 0) is 58.7 Å². The summed E-state index contributed by atoms with van der Waals surface area (Å²) in [6.45, 7) is 6.92. The Morgan fingerprint density at radius 3 is 2.90 bits per heavy atom. The lowest BCUT2D eigenvalue weighted by molar-refractivity contribution is -0.0834. The highest BCUT2D eigenvalue weighted by Crippen LogP contribution is 2.33. The molecule has 0 bridgehead atoms. The van der Waals surface area contributed by atoms with Crippen LogP contribution in [0.2, 0.25) is 0 Å². The fourth-order valence-corrected chi connectivity index (χ4v) is 4.12. The normalized spacial score (nSPS) is 27.4. The molecule has 5 heteroatoms. The molecule has 2 unspecified atom stereocenters. The Bertz CT molecular complexity index is 437. The van der Waals surface area contributed by atoms with Gasteiger partial charge in [0.1, 0.15) is 0 Å². The fourth-order valence-electron chi connectivity index (χ4n) is 2.92. The van der Waals surface area contributed by atoms with Crippen molar-refractivity contribution in [3.05, 3.63) is 20.8 Å². The number of rotatable bonds is 5. The van der Waals surface area contributed by atoms with E-state index < -0.39 is 0 Å². The summed E-state index contributed by atoms with van der Waals surface area (Å²) in [4.78, 5) is 2.43. The molecule has 20 heavy (non-hydrogen) atoms. The Morgan fingerprint density at radius 1 is 1.60 bits per heavy atom. The van der Waals surface area contributed by atoms with Crippen LogP contribution < -0.4 is 5.73 Å². The van der Waals surface area contributed by atoms with Gasteiger partial charge in [-0.3, -0.25) is 4.90 Å². The third kappa shape index (κ3) is 3.63. The topological polar surface area (TPSA) is 38.5 Å². The highest BCUT2D eigenvalue weighted by Gasteiger charge is 2.40. The van der Waals surface area contributed by atoms with Crippen molar-refractivity contribution < 1.29 is 4.74 Å². The van der Waals surface area contributed by atoms with Gasteiger partial charge in [-0.15, -0.1) is 11.3 Å². The van der Waals surface area contributed by atoms with Crippen LogP contribution in [-0.2, 0) is 11.3 Å². The predicted molar refractivity (Wildman–Crippen MR) is 89.1 cm³/mol. The van der Waals surface area contributed by atoms with Crippen LogP contribution >= 0.6 is 27.3 Å².